The third-order valence-corrected chi connectivity index (χ3v) is 8.18. The van der Waals surface area contributed by atoms with Crippen molar-refractivity contribution in [3.05, 3.63) is 34.6 Å². The van der Waals surface area contributed by atoms with Gasteiger partial charge in [-0.25, -0.2) is 0 Å². The van der Waals surface area contributed by atoms with E-state index in [0.717, 1.165) is 84.7 Å². The maximum Gasteiger partial charge on any atom is 0.243 e. The van der Waals surface area contributed by atoms with Gasteiger partial charge in [0.25, 0.3) is 0 Å². The van der Waals surface area contributed by atoms with E-state index >= 15 is 0 Å². The first-order valence-electron chi connectivity index (χ1n) is 13.3. The number of rotatable bonds is 8. The molecule has 0 spiro atoms. The summed E-state index contributed by atoms with van der Waals surface area (Å²) in [6.45, 7) is 9.03. The van der Waals surface area contributed by atoms with Gasteiger partial charge >= 0.3 is 0 Å². The maximum atomic E-state index is 13.4. The standard InChI is InChI=1S/C28H39N5O3/c1-6-7-23(27-22-13-19-12-20(19)14-25(22)30-31-27)29-24-15-21(16-26(35-5)17(24)2)32(4)28(34)18(3)33-8-10-36-11-9-33/h15-16,18-20H,6-14H2,1-5H3,(H,30,31)/b29-23+. The molecule has 2 heterocycles. The zero-order valence-corrected chi connectivity index (χ0v) is 22.3. The third kappa shape index (κ3) is 4.81. The van der Waals surface area contributed by atoms with Crippen molar-refractivity contribution in [1.29, 1.82) is 0 Å². The van der Waals surface area contributed by atoms with Crippen LogP contribution in [0.4, 0.5) is 11.4 Å². The molecule has 2 fully saturated rings. The average Bonchev–Trinajstić information content (AvgIpc) is 3.55. The monoisotopic (exact) mass is 493 g/mol. The lowest BCUT2D eigenvalue weighted by molar-refractivity contribution is -0.124. The van der Waals surface area contributed by atoms with Crippen LogP contribution >= 0.6 is 0 Å². The molecule has 1 aromatic carbocycles. The first-order valence-corrected chi connectivity index (χ1v) is 13.3. The zero-order chi connectivity index (χ0) is 25.4. The van der Waals surface area contributed by atoms with Crippen LogP contribution in [0.25, 0.3) is 0 Å². The predicted molar refractivity (Wildman–Crippen MR) is 142 cm³/mol. The lowest BCUT2D eigenvalue weighted by atomic mass is 9.93. The highest BCUT2D eigenvalue weighted by Gasteiger charge is 2.43. The zero-order valence-electron chi connectivity index (χ0n) is 22.3. The molecule has 3 aliphatic rings. The minimum atomic E-state index is -0.226. The number of fused-ring (bicyclic) bond motifs is 2. The van der Waals surface area contributed by atoms with E-state index in [1.807, 2.05) is 33.0 Å². The summed E-state index contributed by atoms with van der Waals surface area (Å²) in [7, 11) is 3.50. The molecule has 1 amide bonds. The first-order chi connectivity index (χ1) is 17.4. The number of hydrogen-bond donors (Lipinski definition) is 1. The van der Waals surface area contributed by atoms with Gasteiger partial charge in [-0.05, 0) is 57.4 Å². The van der Waals surface area contributed by atoms with Crippen molar-refractivity contribution in [3.63, 3.8) is 0 Å². The van der Waals surface area contributed by atoms with Crippen LogP contribution in [0.3, 0.4) is 0 Å². The van der Waals surface area contributed by atoms with Crippen molar-refractivity contribution in [2.75, 3.05) is 45.4 Å². The Bertz CT molecular complexity index is 1150. The van der Waals surface area contributed by atoms with Gasteiger partial charge in [0.1, 0.15) is 11.4 Å². The molecular formula is C28H39N5O3. The number of nitrogens with one attached hydrogen (secondary N) is 1. The Kier molecular flexibility index (Phi) is 7.17. The SMILES string of the molecule is CCC/C(=N\c1cc(N(C)C(=O)C(C)N2CCOCC2)cc(OC)c1C)c1n[nH]c2c1CC1CC1C2. The molecule has 1 saturated carbocycles. The second kappa shape index (κ2) is 10.3. The molecule has 1 N–H and O–H groups in total. The van der Waals surface area contributed by atoms with E-state index in [9.17, 15) is 4.79 Å². The quantitative estimate of drug-likeness (QED) is 0.561. The molecule has 2 aromatic rings. The average molecular weight is 494 g/mol. The molecule has 1 saturated heterocycles. The summed E-state index contributed by atoms with van der Waals surface area (Å²) >= 11 is 0. The fourth-order valence-corrected chi connectivity index (χ4v) is 5.68. The van der Waals surface area contributed by atoms with Gasteiger partial charge in [-0.1, -0.05) is 13.3 Å². The van der Waals surface area contributed by atoms with E-state index in [1.54, 1.807) is 12.0 Å². The second-order valence-corrected chi connectivity index (χ2v) is 10.5. The van der Waals surface area contributed by atoms with E-state index in [2.05, 4.69) is 16.9 Å². The van der Waals surface area contributed by atoms with Gasteiger partial charge in [-0.15, -0.1) is 0 Å². The Balaban J connectivity index is 1.47. The number of morpholine rings is 1. The molecule has 1 aliphatic heterocycles. The highest BCUT2D eigenvalue weighted by molar-refractivity contribution is 6.02. The summed E-state index contributed by atoms with van der Waals surface area (Å²) in [5, 5.41) is 8.04. The molecule has 8 nitrogen and oxygen atoms in total. The number of benzene rings is 1. The number of aromatic nitrogens is 2. The summed E-state index contributed by atoms with van der Waals surface area (Å²) in [5.41, 5.74) is 7.23. The van der Waals surface area contributed by atoms with Gasteiger partial charge in [0.05, 0.1) is 37.8 Å². The minimum Gasteiger partial charge on any atom is -0.496 e. The van der Waals surface area contributed by atoms with Crippen molar-refractivity contribution in [2.24, 2.45) is 16.8 Å². The molecule has 5 rings (SSSR count). The van der Waals surface area contributed by atoms with Crippen LogP contribution in [0.2, 0.25) is 0 Å². The number of aromatic amines is 1. The van der Waals surface area contributed by atoms with Crippen LogP contribution in [0.1, 0.15) is 55.6 Å². The predicted octanol–water partition coefficient (Wildman–Crippen LogP) is 4.07. The fraction of sp³-hybridized carbons (Fsp3) is 0.607. The lowest BCUT2D eigenvalue weighted by Gasteiger charge is -2.33. The van der Waals surface area contributed by atoms with Gasteiger partial charge in [0, 0.05) is 48.7 Å². The van der Waals surface area contributed by atoms with Gasteiger partial charge in [0.15, 0.2) is 0 Å². The number of nitrogens with zero attached hydrogens (tertiary/aromatic N) is 4. The molecule has 1 aromatic heterocycles. The molecule has 3 unspecified atom stereocenters. The van der Waals surface area contributed by atoms with Crippen LogP contribution in [0.5, 0.6) is 5.75 Å². The third-order valence-electron chi connectivity index (χ3n) is 8.18. The van der Waals surface area contributed by atoms with E-state index in [1.165, 1.54) is 17.7 Å². The number of carbonyl (C=O) groups is 1. The number of amides is 1. The molecule has 0 radical (unpaired) electrons. The maximum absolute atomic E-state index is 13.4. The van der Waals surface area contributed by atoms with Gasteiger partial charge < -0.3 is 14.4 Å². The molecular weight excluding hydrogens is 454 g/mol. The van der Waals surface area contributed by atoms with Crippen molar-refractivity contribution in [3.8, 4) is 5.75 Å². The lowest BCUT2D eigenvalue weighted by Crippen LogP contribution is -2.50. The highest BCUT2D eigenvalue weighted by Crippen LogP contribution is 2.48. The van der Waals surface area contributed by atoms with Crippen molar-refractivity contribution in [2.45, 2.75) is 58.9 Å². The molecule has 36 heavy (non-hydrogen) atoms. The Morgan fingerprint density at radius 2 is 2.06 bits per heavy atom. The summed E-state index contributed by atoms with van der Waals surface area (Å²) < 4.78 is 11.2. The first kappa shape index (κ1) is 25.0. The molecule has 194 valence electrons. The van der Waals surface area contributed by atoms with E-state index < -0.39 is 0 Å². The number of anilines is 1. The second-order valence-electron chi connectivity index (χ2n) is 10.5. The summed E-state index contributed by atoms with van der Waals surface area (Å²) in [5.74, 6) is 2.43. The Morgan fingerprint density at radius 3 is 2.78 bits per heavy atom. The van der Waals surface area contributed by atoms with Crippen molar-refractivity contribution in [1.82, 2.24) is 15.1 Å². The van der Waals surface area contributed by atoms with Crippen LogP contribution in [0, 0.1) is 18.8 Å². The fourth-order valence-electron chi connectivity index (χ4n) is 5.68. The number of H-pyrrole nitrogens is 1. The number of ether oxygens (including phenoxy) is 2. The van der Waals surface area contributed by atoms with Crippen molar-refractivity contribution >= 4 is 23.0 Å². The van der Waals surface area contributed by atoms with Crippen LogP contribution in [0.15, 0.2) is 17.1 Å². The largest absolute Gasteiger partial charge is 0.496 e. The Labute approximate surface area is 214 Å². The number of carbonyl (C=O) groups excluding carboxylic acids is 1. The van der Waals surface area contributed by atoms with Crippen LogP contribution < -0.4 is 9.64 Å². The normalized spacial score (nSPS) is 22.5. The topological polar surface area (TPSA) is 83.1 Å². The van der Waals surface area contributed by atoms with Crippen LogP contribution in [-0.4, -0.2) is 73.2 Å². The smallest absolute Gasteiger partial charge is 0.243 e. The van der Waals surface area contributed by atoms with E-state index in [0.29, 0.717) is 13.2 Å². The van der Waals surface area contributed by atoms with Crippen molar-refractivity contribution < 1.29 is 14.3 Å². The number of aliphatic imine (C=N–C) groups is 1. The van der Waals surface area contributed by atoms with Crippen LogP contribution in [-0.2, 0) is 22.4 Å². The summed E-state index contributed by atoms with van der Waals surface area (Å²) in [6, 6.07) is 3.71. The van der Waals surface area contributed by atoms with Gasteiger partial charge in [-0.3, -0.25) is 19.8 Å². The molecule has 3 atom stereocenters. The van der Waals surface area contributed by atoms with Gasteiger partial charge in [0.2, 0.25) is 5.91 Å². The highest BCUT2D eigenvalue weighted by atomic mass is 16.5. The van der Waals surface area contributed by atoms with E-state index in [-0.39, 0.29) is 11.9 Å². The number of likely N-dealkylation sites (N-methyl/N-ethyl adjacent to an activating group) is 1. The Morgan fingerprint density at radius 1 is 1.31 bits per heavy atom. The minimum absolute atomic E-state index is 0.0480. The summed E-state index contributed by atoms with van der Waals surface area (Å²) in [6.07, 6.45) is 5.39. The molecule has 0 bridgehead atoms. The molecule has 2 aliphatic carbocycles. The van der Waals surface area contributed by atoms with Gasteiger partial charge in [-0.2, -0.15) is 5.10 Å². The Hall–Kier alpha value is -2.71. The molecule has 8 heteroatoms. The summed E-state index contributed by atoms with van der Waals surface area (Å²) in [4.78, 5) is 22.5. The number of hydrogen-bond acceptors (Lipinski definition) is 6. The van der Waals surface area contributed by atoms with E-state index in [4.69, 9.17) is 19.6 Å². The number of methoxy groups -OCH3 is 1.